The molecular weight excluding hydrogens is 512 g/mol. The summed E-state index contributed by atoms with van der Waals surface area (Å²) < 4.78 is 35.0. The van der Waals surface area contributed by atoms with Crippen molar-refractivity contribution in [2.45, 2.75) is 45.4 Å². The van der Waals surface area contributed by atoms with Gasteiger partial charge in [0.25, 0.3) is 0 Å². The van der Waals surface area contributed by atoms with E-state index in [2.05, 4.69) is 9.71 Å². The maximum Gasteiger partial charge on any atom is 0.419 e. The molecule has 4 rings (SSSR count). The zero-order chi connectivity index (χ0) is 25.4. The average Bonchev–Trinajstić information content (AvgIpc) is 3.44. The summed E-state index contributed by atoms with van der Waals surface area (Å²) in [6.07, 6.45) is 4.40. The van der Waals surface area contributed by atoms with E-state index in [0.717, 1.165) is 10.8 Å². The van der Waals surface area contributed by atoms with Gasteiger partial charge in [-0.05, 0) is 57.5 Å². The molecule has 1 N–H and O–H groups in total. The lowest BCUT2D eigenvalue weighted by molar-refractivity contribution is -0.129. The van der Waals surface area contributed by atoms with Crippen LogP contribution in [0.2, 0.25) is 4.34 Å². The van der Waals surface area contributed by atoms with Gasteiger partial charge in [-0.1, -0.05) is 11.6 Å². The topological polar surface area (TPSA) is 111 Å². The molecule has 186 valence electrons. The van der Waals surface area contributed by atoms with Crippen LogP contribution in [-0.2, 0) is 26.1 Å². The van der Waals surface area contributed by atoms with Crippen molar-refractivity contribution in [3.05, 3.63) is 57.0 Å². The monoisotopic (exact) mass is 536 g/mol. The van der Waals surface area contributed by atoms with Crippen LogP contribution in [0.4, 0.5) is 4.79 Å². The summed E-state index contributed by atoms with van der Waals surface area (Å²) in [5.74, 6) is -0.361. The van der Waals surface area contributed by atoms with Gasteiger partial charge in [0.15, 0.2) is 0 Å². The smallest absolute Gasteiger partial charge is 0.419 e. The maximum absolute atomic E-state index is 13.0. The third kappa shape index (κ3) is 6.10. The number of carbonyl (C=O) groups excluding carboxylic acids is 2. The molecule has 0 aliphatic carbocycles. The number of carbonyl (C=O) groups is 2. The Kier molecular flexibility index (Phi) is 7.05. The molecule has 1 saturated heterocycles. The van der Waals surface area contributed by atoms with E-state index in [1.807, 2.05) is 0 Å². The van der Waals surface area contributed by atoms with Crippen LogP contribution in [0.1, 0.15) is 37.8 Å². The number of sulfonamides is 1. The molecule has 9 nitrogen and oxygen atoms in total. The van der Waals surface area contributed by atoms with Crippen molar-refractivity contribution in [1.29, 1.82) is 0 Å². The highest BCUT2D eigenvalue weighted by Gasteiger charge is 2.35. The van der Waals surface area contributed by atoms with Crippen LogP contribution >= 0.6 is 22.9 Å². The Labute approximate surface area is 212 Å². The maximum atomic E-state index is 13.0. The summed E-state index contributed by atoms with van der Waals surface area (Å²) in [5.41, 5.74) is 0.466. The second kappa shape index (κ2) is 9.73. The number of ether oxygens (including phenoxy) is 1. The molecule has 3 aromatic heterocycles. The van der Waals surface area contributed by atoms with E-state index in [-0.39, 0.29) is 12.5 Å². The highest BCUT2D eigenvalue weighted by molar-refractivity contribution is 7.92. The first kappa shape index (κ1) is 25.4. The summed E-state index contributed by atoms with van der Waals surface area (Å²) in [6, 6.07) is 5.99. The normalized spacial score (nSPS) is 17.1. The van der Waals surface area contributed by atoms with Crippen molar-refractivity contribution in [3.63, 3.8) is 0 Å². The predicted molar refractivity (Wildman–Crippen MR) is 136 cm³/mol. The fraction of sp³-hybridized carbons (Fsp3) is 0.348. The van der Waals surface area contributed by atoms with Crippen LogP contribution in [0.3, 0.4) is 0 Å². The summed E-state index contributed by atoms with van der Waals surface area (Å²) in [4.78, 5) is 32.3. The van der Waals surface area contributed by atoms with Crippen molar-refractivity contribution < 1.29 is 22.7 Å². The van der Waals surface area contributed by atoms with E-state index >= 15 is 0 Å². The van der Waals surface area contributed by atoms with Crippen molar-refractivity contribution in [2.24, 2.45) is 0 Å². The number of aromatic nitrogens is 2. The third-order valence-electron chi connectivity index (χ3n) is 5.22. The van der Waals surface area contributed by atoms with Crippen LogP contribution in [-0.4, -0.2) is 53.1 Å². The molecule has 3 aromatic rings. The summed E-state index contributed by atoms with van der Waals surface area (Å²) in [5, 5.41) is 1.76. The number of halogens is 1. The fourth-order valence-electron chi connectivity index (χ4n) is 3.77. The Hall–Kier alpha value is -2.73. The largest absolute Gasteiger partial charge is 0.443 e. The number of hydrogen-bond donors (Lipinski definition) is 1. The molecule has 35 heavy (non-hydrogen) atoms. The van der Waals surface area contributed by atoms with Crippen LogP contribution in [0.5, 0.6) is 0 Å². The molecule has 0 radical (unpaired) electrons. The molecule has 0 saturated carbocycles. The zero-order valence-electron chi connectivity index (χ0n) is 19.4. The molecule has 1 unspecified atom stereocenters. The molecule has 1 aliphatic heterocycles. The molecule has 1 atom stereocenters. The quantitative estimate of drug-likeness (QED) is 0.505. The van der Waals surface area contributed by atoms with Crippen LogP contribution < -0.4 is 4.72 Å². The van der Waals surface area contributed by atoms with E-state index < -0.39 is 27.8 Å². The molecular formula is C23H25ClN4O5S2. The average molecular weight is 537 g/mol. The summed E-state index contributed by atoms with van der Waals surface area (Å²) in [7, 11) is -3.85. The van der Waals surface area contributed by atoms with Gasteiger partial charge in [0.05, 0.1) is 16.4 Å². The van der Waals surface area contributed by atoms with Crippen LogP contribution in [0.15, 0.2) is 42.1 Å². The van der Waals surface area contributed by atoms with Gasteiger partial charge >= 0.3 is 6.09 Å². The summed E-state index contributed by atoms with van der Waals surface area (Å²) >= 11 is 7.12. The van der Waals surface area contributed by atoms with Crippen LogP contribution in [0, 0.1) is 0 Å². The molecule has 0 bridgehead atoms. The van der Waals surface area contributed by atoms with Crippen molar-refractivity contribution in [3.8, 4) is 0 Å². The zero-order valence-corrected chi connectivity index (χ0v) is 21.8. The Balaban J connectivity index is 1.50. The van der Waals surface area contributed by atoms with Gasteiger partial charge in [-0.2, -0.15) is 4.72 Å². The van der Waals surface area contributed by atoms with E-state index in [1.54, 1.807) is 57.4 Å². The molecule has 4 heterocycles. The lowest BCUT2D eigenvalue weighted by Crippen LogP contribution is -2.40. The number of nitrogens with one attached hydrogen (secondary N) is 1. The third-order valence-corrected chi connectivity index (χ3v) is 7.52. The van der Waals surface area contributed by atoms with Gasteiger partial charge in [0.1, 0.15) is 11.6 Å². The lowest BCUT2D eigenvalue weighted by atomic mass is 10.2. The molecule has 1 fully saturated rings. The van der Waals surface area contributed by atoms with Gasteiger partial charge in [0, 0.05) is 40.3 Å². The van der Waals surface area contributed by atoms with E-state index in [1.165, 1.54) is 26.9 Å². The number of pyridine rings is 1. The van der Waals surface area contributed by atoms with Gasteiger partial charge in [0.2, 0.25) is 15.9 Å². The van der Waals surface area contributed by atoms with Gasteiger partial charge < -0.3 is 9.64 Å². The number of hydrogen-bond acceptors (Lipinski definition) is 7. The first-order chi connectivity index (χ1) is 16.4. The van der Waals surface area contributed by atoms with E-state index in [9.17, 15) is 18.0 Å². The first-order valence-electron chi connectivity index (χ1n) is 10.8. The Morgan fingerprint density at radius 1 is 1.34 bits per heavy atom. The molecule has 12 heteroatoms. The first-order valence-corrected chi connectivity index (χ1v) is 13.6. The van der Waals surface area contributed by atoms with Crippen LogP contribution in [0.25, 0.3) is 17.0 Å². The predicted octanol–water partition coefficient (Wildman–Crippen LogP) is 4.23. The van der Waals surface area contributed by atoms with Crippen molar-refractivity contribution >= 4 is 61.9 Å². The van der Waals surface area contributed by atoms with Gasteiger partial charge in [-0.15, -0.1) is 11.3 Å². The summed E-state index contributed by atoms with van der Waals surface area (Å²) in [6.45, 7) is 5.79. The van der Waals surface area contributed by atoms with Crippen molar-refractivity contribution in [1.82, 2.24) is 19.2 Å². The molecule has 1 aliphatic rings. The number of fused-ring (bicyclic) bond motifs is 1. The second-order valence-corrected chi connectivity index (χ2v) is 12.4. The van der Waals surface area contributed by atoms with E-state index in [0.29, 0.717) is 33.4 Å². The molecule has 0 spiro atoms. The minimum absolute atomic E-state index is 0.120. The number of likely N-dealkylation sites (tertiary alicyclic amines) is 1. The van der Waals surface area contributed by atoms with Crippen molar-refractivity contribution in [2.75, 3.05) is 6.54 Å². The Morgan fingerprint density at radius 2 is 2.11 bits per heavy atom. The Morgan fingerprint density at radius 3 is 2.80 bits per heavy atom. The highest BCUT2D eigenvalue weighted by atomic mass is 35.5. The Bertz CT molecular complexity index is 1400. The minimum Gasteiger partial charge on any atom is -0.443 e. The number of amides is 1. The lowest BCUT2D eigenvalue weighted by Gasteiger charge is -2.22. The number of nitrogens with zero attached hydrogens (tertiary/aromatic N) is 3. The van der Waals surface area contributed by atoms with Gasteiger partial charge in [-0.25, -0.2) is 17.8 Å². The fourth-order valence-corrected chi connectivity index (χ4v) is 5.83. The molecule has 0 aromatic carbocycles. The minimum atomic E-state index is -3.85. The van der Waals surface area contributed by atoms with E-state index in [4.69, 9.17) is 16.3 Å². The van der Waals surface area contributed by atoms with Gasteiger partial charge in [-0.3, -0.25) is 9.78 Å². The molecule has 1 amide bonds. The number of rotatable bonds is 6. The highest BCUT2D eigenvalue weighted by Crippen LogP contribution is 2.25. The standard InChI is InChI=1S/C23H25ClN4O5S2/c1-23(2,3)33-22(30)28-16(12-15-13-25-9-6-19(15)28)14-27-10-7-18(21(27)29)26-35(31,32)11-8-17-4-5-20(24)34-17/h4-6,8-9,11-13,18,26H,7,10,14H2,1-3H3/b11-8+. The number of thiophene rings is 1. The second-order valence-electron chi connectivity index (χ2n) is 9.09. The SMILES string of the molecule is CC(C)(C)OC(=O)n1c(CN2CCC(NS(=O)(=O)/C=C/c3ccc(Cl)s3)C2=O)cc2cnccc21.